The van der Waals surface area contributed by atoms with E-state index in [0.29, 0.717) is 5.56 Å². The van der Waals surface area contributed by atoms with E-state index < -0.39 is 10.0 Å². The summed E-state index contributed by atoms with van der Waals surface area (Å²) in [6.07, 6.45) is 0. The van der Waals surface area contributed by atoms with E-state index in [0.717, 1.165) is 16.7 Å². The molecule has 0 saturated heterocycles. The lowest BCUT2D eigenvalue weighted by Gasteiger charge is -2.20. The largest absolute Gasteiger partial charge is 0.341 e. The molecule has 0 spiro atoms. The molecular formula is C27H23ClN2O3S. The number of amides is 1. The van der Waals surface area contributed by atoms with E-state index in [1.807, 2.05) is 67.6 Å². The second-order valence-electron chi connectivity index (χ2n) is 7.84. The van der Waals surface area contributed by atoms with Crippen molar-refractivity contribution in [3.05, 3.63) is 130 Å². The molecular weight excluding hydrogens is 468 g/mol. The summed E-state index contributed by atoms with van der Waals surface area (Å²) in [7, 11) is -3.81. The zero-order valence-corrected chi connectivity index (χ0v) is 20.0. The Balaban J connectivity index is 1.56. The van der Waals surface area contributed by atoms with Gasteiger partial charge in [-0.15, -0.1) is 0 Å². The van der Waals surface area contributed by atoms with Crippen molar-refractivity contribution in [2.45, 2.75) is 17.9 Å². The van der Waals surface area contributed by atoms with Gasteiger partial charge in [0.1, 0.15) is 0 Å². The maximum absolute atomic E-state index is 13.1. The Labute approximate surface area is 204 Å². The quantitative estimate of drug-likeness (QED) is 0.335. The number of carbonyl (C=O) groups excluding carboxylic acids is 1. The fourth-order valence-electron chi connectivity index (χ4n) is 3.52. The predicted octanol–water partition coefficient (Wildman–Crippen LogP) is 5.97. The van der Waals surface area contributed by atoms with Crippen LogP contribution in [0.3, 0.4) is 0 Å². The summed E-state index contributed by atoms with van der Waals surface area (Å²) in [5.41, 5.74) is 3.35. The average molecular weight is 491 g/mol. The van der Waals surface area contributed by atoms with E-state index in [2.05, 4.69) is 10.0 Å². The number of hydrogen-bond acceptors (Lipinski definition) is 3. The first kappa shape index (κ1) is 23.5. The smallest absolute Gasteiger partial charge is 0.261 e. The molecule has 4 aromatic carbocycles. The van der Waals surface area contributed by atoms with Crippen LogP contribution in [0.15, 0.2) is 108 Å². The van der Waals surface area contributed by atoms with Crippen LogP contribution in [0, 0.1) is 6.92 Å². The lowest BCUT2D eigenvalue weighted by molar-refractivity contribution is 0.0943. The number of halogens is 1. The van der Waals surface area contributed by atoms with Gasteiger partial charge < -0.3 is 5.32 Å². The third-order valence-electron chi connectivity index (χ3n) is 5.35. The fraction of sp³-hybridized carbons (Fsp3) is 0.0741. The molecule has 4 aromatic rings. The standard InChI is InChI=1S/C27H23ClN2O3S/c1-19-12-15-23(16-13-19)34(32,33)30-25-17-14-22(18-24(25)28)27(31)29-26(20-8-4-2-5-9-20)21-10-6-3-7-11-21/h2-18,26,30H,1H3,(H,29,31). The summed E-state index contributed by atoms with van der Waals surface area (Å²) in [6, 6.07) is 30.0. The lowest BCUT2D eigenvalue weighted by Crippen LogP contribution is -2.29. The van der Waals surface area contributed by atoms with Crippen LogP contribution in [-0.4, -0.2) is 14.3 Å². The third-order valence-corrected chi connectivity index (χ3v) is 7.04. The van der Waals surface area contributed by atoms with Gasteiger partial charge in [-0.3, -0.25) is 9.52 Å². The highest BCUT2D eigenvalue weighted by molar-refractivity contribution is 7.92. The van der Waals surface area contributed by atoms with E-state index in [-0.39, 0.29) is 27.6 Å². The topological polar surface area (TPSA) is 75.3 Å². The Kier molecular flexibility index (Phi) is 7.01. The second-order valence-corrected chi connectivity index (χ2v) is 9.93. The maximum atomic E-state index is 13.1. The summed E-state index contributed by atoms with van der Waals surface area (Å²) in [5.74, 6) is -0.326. The zero-order chi connectivity index (χ0) is 24.1. The molecule has 0 fully saturated rings. The molecule has 0 saturated carbocycles. The number of carbonyl (C=O) groups is 1. The molecule has 0 aliphatic rings. The fourth-order valence-corrected chi connectivity index (χ4v) is 4.89. The molecule has 0 heterocycles. The minimum absolute atomic E-state index is 0.124. The minimum Gasteiger partial charge on any atom is -0.341 e. The van der Waals surface area contributed by atoms with Crippen molar-refractivity contribution in [2.75, 3.05) is 4.72 Å². The Hall–Kier alpha value is -3.61. The van der Waals surface area contributed by atoms with Crippen LogP contribution in [0.2, 0.25) is 5.02 Å². The molecule has 172 valence electrons. The summed E-state index contributed by atoms with van der Waals surface area (Å²) >= 11 is 6.36. The molecule has 0 unspecified atom stereocenters. The molecule has 0 bridgehead atoms. The molecule has 5 nitrogen and oxygen atoms in total. The molecule has 0 aliphatic carbocycles. The van der Waals surface area contributed by atoms with Crippen molar-refractivity contribution in [1.29, 1.82) is 0 Å². The SMILES string of the molecule is Cc1ccc(S(=O)(=O)Nc2ccc(C(=O)NC(c3ccccc3)c3ccccc3)cc2Cl)cc1. The third kappa shape index (κ3) is 5.47. The van der Waals surface area contributed by atoms with Crippen LogP contribution in [0.1, 0.15) is 33.1 Å². The summed E-state index contributed by atoms with van der Waals surface area (Å²) < 4.78 is 27.9. The van der Waals surface area contributed by atoms with Gasteiger partial charge in [-0.05, 0) is 48.4 Å². The number of rotatable bonds is 7. The van der Waals surface area contributed by atoms with Crippen molar-refractivity contribution >= 4 is 33.2 Å². The Morgan fingerprint density at radius 2 is 1.35 bits per heavy atom. The van der Waals surface area contributed by atoms with Gasteiger partial charge >= 0.3 is 0 Å². The number of benzene rings is 4. The van der Waals surface area contributed by atoms with E-state index in [4.69, 9.17) is 11.6 Å². The summed E-state index contributed by atoms with van der Waals surface area (Å²) in [4.78, 5) is 13.2. The number of hydrogen-bond donors (Lipinski definition) is 2. The van der Waals surface area contributed by atoms with Crippen LogP contribution < -0.4 is 10.0 Å². The molecule has 0 aliphatic heterocycles. The second kappa shape index (κ2) is 10.1. The lowest BCUT2D eigenvalue weighted by atomic mass is 9.98. The van der Waals surface area contributed by atoms with Gasteiger partial charge in [-0.2, -0.15) is 0 Å². The van der Waals surface area contributed by atoms with Crippen molar-refractivity contribution in [2.24, 2.45) is 0 Å². The first-order chi connectivity index (χ1) is 16.3. The van der Waals surface area contributed by atoms with Crippen LogP contribution in [0.5, 0.6) is 0 Å². The van der Waals surface area contributed by atoms with E-state index in [1.54, 1.807) is 18.2 Å². The van der Waals surface area contributed by atoms with Gasteiger partial charge in [-0.25, -0.2) is 8.42 Å². The van der Waals surface area contributed by atoms with E-state index >= 15 is 0 Å². The molecule has 0 aromatic heterocycles. The first-order valence-electron chi connectivity index (χ1n) is 10.6. The van der Waals surface area contributed by atoms with Gasteiger partial charge in [0.25, 0.3) is 15.9 Å². The normalized spacial score (nSPS) is 11.3. The molecule has 0 radical (unpaired) electrons. The van der Waals surface area contributed by atoms with Crippen molar-refractivity contribution in [1.82, 2.24) is 5.32 Å². The molecule has 1 amide bonds. The summed E-state index contributed by atoms with van der Waals surface area (Å²) in [5, 5.41) is 3.18. The van der Waals surface area contributed by atoms with Crippen LogP contribution >= 0.6 is 11.6 Å². The van der Waals surface area contributed by atoms with Gasteiger partial charge in [-0.1, -0.05) is 90.0 Å². The highest BCUT2D eigenvalue weighted by atomic mass is 35.5. The monoisotopic (exact) mass is 490 g/mol. The zero-order valence-electron chi connectivity index (χ0n) is 18.4. The van der Waals surface area contributed by atoms with Gasteiger partial charge in [0.2, 0.25) is 0 Å². The van der Waals surface area contributed by atoms with E-state index in [1.165, 1.54) is 24.3 Å². The Morgan fingerprint density at radius 1 is 0.794 bits per heavy atom. The van der Waals surface area contributed by atoms with Crippen LogP contribution in [0.4, 0.5) is 5.69 Å². The van der Waals surface area contributed by atoms with Crippen molar-refractivity contribution in [3.63, 3.8) is 0 Å². The van der Waals surface area contributed by atoms with Gasteiger partial charge in [0, 0.05) is 5.56 Å². The highest BCUT2D eigenvalue weighted by Gasteiger charge is 2.20. The highest BCUT2D eigenvalue weighted by Crippen LogP contribution is 2.27. The maximum Gasteiger partial charge on any atom is 0.261 e. The molecule has 4 rings (SSSR count). The number of aryl methyl sites for hydroxylation is 1. The number of nitrogens with one attached hydrogen (secondary N) is 2. The summed E-state index contributed by atoms with van der Waals surface area (Å²) in [6.45, 7) is 1.88. The number of sulfonamides is 1. The molecule has 0 atom stereocenters. The molecule has 7 heteroatoms. The predicted molar refractivity (Wildman–Crippen MR) is 136 cm³/mol. The van der Waals surface area contributed by atoms with Crippen molar-refractivity contribution in [3.8, 4) is 0 Å². The van der Waals surface area contributed by atoms with Gasteiger partial charge in [0.05, 0.1) is 21.6 Å². The number of anilines is 1. The van der Waals surface area contributed by atoms with E-state index in [9.17, 15) is 13.2 Å². The Morgan fingerprint density at radius 3 is 1.88 bits per heavy atom. The molecule has 2 N–H and O–H groups in total. The average Bonchev–Trinajstić information content (AvgIpc) is 2.85. The Bertz CT molecular complexity index is 1350. The minimum atomic E-state index is -3.81. The van der Waals surface area contributed by atoms with Crippen LogP contribution in [-0.2, 0) is 10.0 Å². The van der Waals surface area contributed by atoms with Gasteiger partial charge in [0.15, 0.2) is 0 Å². The molecule has 34 heavy (non-hydrogen) atoms. The van der Waals surface area contributed by atoms with Crippen LogP contribution in [0.25, 0.3) is 0 Å². The first-order valence-corrected chi connectivity index (χ1v) is 12.5. The van der Waals surface area contributed by atoms with Crippen molar-refractivity contribution < 1.29 is 13.2 Å².